The number of sulfonamides is 1. The van der Waals surface area contributed by atoms with Gasteiger partial charge in [-0.05, 0) is 44.3 Å². The van der Waals surface area contributed by atoms with Gasteiger partial charge in [0.05, 0.1) is 18.5 Å². The molecular weight excluding hydrogens is 376 g/mol. The Morgan fingerprint density at radius 2 is 1.96 bits per heavy atom. The van der Waals surface area contributed by atoms with Gasteiger partial charge in [0, 0.05) is 12.5 Å². The van der Waals surface area contributed by atoms with E-state index in [4.69, 9.17) is 9.47 Å². The lowest BCUT2D eigenvalue weighted by Gasteiger charge is -2.35. The van der Waals surface area contributed by atoms with Crippen LogP contribution in [0.1, 0.15) is 12.8 Å². The van der Waals surface area contributed by atoms with Crippen LogP contribution in [0.3, 0.4) is 0 Å². The van der Waals surface area contributed by atoms with E-state index in [9.17, 15) is 8.42 Å². The van der Waals surface area contributed by atoms with E-state index in [2.05, 4.69) is 5.32 Å². The summed E-state index contributed by atoms with van der Waals surface area (Å²) in [6.07, 6.45) is 1.12. The van der Waals surface area contributed by atoms with Crippen molar-refractivity contribution in [2.45, 2.75) is 18.3 Å². The fourth-order valence-electron chi connectivity index (χ4n) is 2.86. The third-order valence-corrected chi connectivity index (χ3v) is 6.00. The van der Waals surface area contributed by atoms with Gasteiger partial charge in [0.1, 0.15) is 11.5 Å². The molecule has 6 nitrogen and oxygen atoms in total. The molecule has 1 unspecified atom stereocenters. The van der Waals surface area contributed by atoms with Gasteiger partial charge >= 0.3 is 0 Å². The monoisotopic (exact) mass is 398 g/mol. The minimum atomic E-state index is -3.71. The Morgan fingerprint density at radius 1 is 1.19 bits per heavy atom. The highest BCUT2D eigenvalue weighted by Gasteiger charge is 2.40. The van der Waals surface area contributed by atoms with Crippen LogP contribution in [0.2, 0.25) is 0 Å². The first kappa shape index (κ1) is 20.4. The van der Waals surface area contributed by atoms with Crippen LogP contribution in [0, 0.1) is 0 Å². The van der Waals surface area contributed by atoms with E-state index >= 15 is 0 Å². The highest BCUT2D eigenvalue weighted by atomic mass is 35.5. The Kier molecular flexibility index (Phi) is 6.75. The third kappa shape index (κ3) is 3.90. The van der Waals surface area contributed by atoms with Gasteiger partial charge < -0.3 is 14.8 Å². The molecule has 26 heavy (non-hydrogen) atoms. The molecule has 1 N–H and O–H groups in total. The molecule has 0 spiro atoms. The molecule has 0 amide bonds. The molecule has 0 saturated heterocycles. The Bertz CT molecular complexity index is 845. The van der Waals surface area contributed by atoms with Crippen LogP contribution in [0.25, 0.3) is 0 Å². The fraction of sp³-hybridized carbons (Fsp3) is 0.333. The number of rotatable bonds is 6. The van der Waals surface area contributed by atoms with Crippen molar-refractivity contribution >= 4 is 33.8 Å². The first-order valence-electron chi connectivity index (χ1n) is 8.16. The van der Waals surface area contributed by atoms with Gasteiger partial charge in [-0.3, -0.25) is 0 Å². The number of nitrogens with one attached hydrogen (secondary N) is 1. The van der Waals surface area contributed by atoms with Gasteiger partial charge in [0.2, 0.25) is 5.44 Å². The standard InChI is InChI=1S/C18H22N2O4S.ClH/c1-19-12-6-11-18-24-17-10-4-3-9-16(17)20(25(18,21)22)14-7-5-8-15(13-14)23-2;/h3-5,7-10,13,18-19H,6,11-12H2,1-2H3;1H. The summed E-state index contributed by atoms with van der Waals surface area (Å²) in [7, 11) is -0.310. The molecule has 0 saturated carbocycles. The van der Waals surface area contributed by atoms with Gasteiger partial charge in [-0.2, -0.15) is 0 Å². The van der Waals surface area contributed by atoms with Crippen LogP contribution >= 0.6 is 12.4 Å². The van der Waals surface area contributed by atoms with E-state index in [-0.39, 0.29) is 12.4 Å². The second kappa shape index (κ2) is 8.62. The number of hydrogen-bond acceptors (Lipinski definition) is 5. The molecular formula is C18H23ClN2O4S. The quantitative estimate of drug-likeness (QED) is 0.756. The molecule has 8 heteroatoms. The van der Waals surface area contributed by atoms with Crippen molar-refractivity contribution in [3.63, 3.8) is 0 Å². The summed E-state index contributed by atoms with van der Waals surface area (Å²) >= 11 is 0. The molecule has 0 aromatic heterocycles. The Labute approximate surface area is 160 Å². The number of para-hydroxylation sites is 2. The van der Waals surface area contributed by atoms with E-state index in [0.717, 1.165) is 6.54 Å². The lowest BCUT2D eigenvalue weighted by atomic mass is 10.2. The minimum Gasteiger partial charge on any atom is -0.497 e. The molecule has 2 aromatic rings. The number of nitrogens with zero attached hydrogens (tertiary/aromatic N) is 1. The molecule has 0 aliphatic carbocycles. The van der Waals surface area contributed by atoms with Gasteiger partial charge in [-0.25, -0.2) is 12.7 Å². The van der Waals surface area contributed by atoms with Crippen LogP contribution in [-0.4, -0.2) is 34.6 Å². The Balaban J connectivity index is 0.00000243. The van der Waals surface area contributed by atoms with Crippen LogP contribution in [0.15, 0.2) is 48.5 Å². The number of methoxy groups -OCH3 is 1. The highest BCUT2D eigenvalue weighted by molar-refractivity contribution is 7.93. The molecule has 142 valence electrons. The number of ether oxygens (including phenoxy) is 2. The van der Waals surface area contributed by atoms with Crippen LogP contribution in [-0.2, 0) is 10.0 Å². The lowest BCUT2D eigenvalue weighted by molar-refractivity contribution is 0.254. The number of anilines is 2. The van der Waals surface area contributed by atoms with Crippen LogP contribution in [0.4, 0.5) is 11.4 Å². The number of fused-ring (bicyclic) bond motifs is 1. The zero-order chi connectivity index (χ0) is 17.9. The van der Waals surface area contributed by atoms with Crippen molar-refractivity contribution in [1.29, 1.82) is 0 Å². The molecule has 3 rings (SSSR count). The molecule has 2 aromatic carbocycles. The second-order valence-electron chi connectivity index (χ2n) is 5.77. The maximum atomic E-state index is 13.2. The predicted octanol–water partition coefficient (Wildman–Crippen LogP) is 3.30. The average molecular weight is 399 g/mol. The Morgan fingerprint density at radius 3 is 2.69 bits per heavy atom. The summed E-state index contributed by atoms with van der Waals surface area (Å²) in [6.45, 7) is 0.732. The first-order chi connectivity index (χ1) is 12.1. The zero-order valence-electron chi connectivity index (χ0n) is 14.7. The first-order valence-corrected chi connectivity index (χ1v) is 9.66. The van der Waals surface area contributed by atoms with E-state index in [1.54, 1.807) is 49.6 Å². The lowest BCUT2D eigenvalue weighted by Crippen LogP contribution is -2.43. The van der Waals surface area contributed by atoms with Crippen molar-refractivity contribution in [3.8, 4) is 11.5 Å². The normalized spacial score (nSPS) is 17.6. The number of halogens is 1. The summed E-state index contributed by atoms with van der Waals surface area (Å²) < 4.78 is 38.8. The molecule has 1 aliphatic rings. The summed E-state index contributed by atoms with van der Waals surface area (Å²) in [5.41, 5.74) is 0.135. The zero-order valence-corrected chi connectivity index (χ0v) is 16.3. The smallest absolute Gasteiger partial charge is 0.277 e. The van der Waals surface area contributed by atoms with Crippen LogP contribution in [0.5, 0.6) is 11.5 Å². The average Bonchev–Trinajstić information content (AvgIpc) is 2.62. The minimum absolute atomic E-state index is 0. The summed E-state index contributed by atoms with van der Waals surface area (Å²) in [6, 6.07) is 14.2. The van der Waals surface area contributed by atoms with Crippen molar-refractivity contribution in [1.82, 2.24) is 5.32 Å². The van der Waals surface area contributed by atoms with Crippen molar-refractivity contribution in [3.05, 3.63) is 48.5 Å². The molecule has 1 atom stereocenters. The largest absolute Gasteiger partial charge is 0.497 e. The topological polar surface area (TPSA) is 67.9 Å². The molecule has 0 radical (unpaired) electrons. The van der Waals surface area contributed by atoms with E-state index in [1.165, 1.54) is 4.31 Å². The molecule has 0 bridgehead atoms. The maximum absolute atomic E-state index is 13.2. The second-order valence-corrected chi connectivity index (χ2v) is 7.69. The van der Waals surface area contributed by atoms with Crippen LogP contribution < -0.4 is 19.1 Å². The van der Waals surface area contributed by atoms with Gasteiger partial charge in [-0.15, -0.1) is 12.4 Å². The van der Waals surface area contributed by atoms with Crippen molar-refractivity contribution in [2.24, 2.45) is 0 Å². The van der Waals surface area contributed by atoms with Crippen molar-refractivity contribution in [2.75, 3.05) is 25.0 Å². The molecule has 0 fully saturated rings. The fourth-order valence-corrected chi connectivity index (χ4v) is 4.62. The van der Waals surface area contributed by atoms with Crippen molar-refractivity contribution < 1.29 is 17.9 Å². The van der Waals surface area contributed by atoms with Gasteiger partial charge in [-0.1, -0.05) is 18.2 Å². The number of benzene rings is 2. The molecule has 1 aliphatic heterocycles. The number of hydrogen-bond donors (Lipinski definition) is 1. The van der Waals surface area contributed by atoms with E-state index < -0.39 is 15.5 Å². The van der Waals surface area contributed by atoms with Gasteiger partial charge in [0.15, 0.2) is 0 Å². The third-order valence-electron chi connectivity index (χ3n) is 4.08. The van der Waals surface area contributed by atoms with E-state index in [0.29, 0.717) is 35.7 Å². The predicted molar refractivity (Wildman–Crippen MR) is 105 cm³/mol. The maximum Gasteiger partial charge on any atom is 0.277 e. The summed E-state index contributed by atoms with van der Waals surface area (Å²) in [5, 5.41) is 3.03. The summed E-state index contributed by atoms with van der Waals surface area (Å²) in [5.74, 6) is 1.16. The molecule has 1 heterocycles. The highest BCUT2D eigenvalue weighted by Crippen LogP contribution is 2.43. The van der Waals surface area contributed by atoms with E-state index in [1.807, 2.05) is 13.1 Å². The van der Waals surface area contributed by atoms with Gasteiger partial charge in [0.25, 0.3) is 10.0 Å². The summed E-state index contributed by atoms with van der Waals surface area (Å²) in [4.78, 5) is 0. The Hall–Kier alpha value is -1.96. The SMILES string of the molecule is CNCCCC1Oc2ccccc2N(c2cccc(OC)c2)S1(=O)=O.Cl.